The Morgan fingerprint density at radius 1 is 1.69 bits per heavy atom. The van der Waals surface area contributed by atoms with E-state index in [2.05, 4.69) is 24.1 Å². The summed E-state index contributed by atoms with van der Waals surface area (Å²) in [6.45, 7) is 6.16. The summed E-state index contributed by atoms with van der Waals surface area (Å²) in [5, 5.41) is 4.47. The molecule has 4 heteroatoms. The maximum Gasteiger partial charge on any atom is 0.0896 e. The van der Waals surface area contributed by atoms with E-state index in [1.54, 1.807) is 11.3 Å². The van der Waals surface area contributed by atoms with Crippen LogP contribution in [0.5, 0.6) is 0 Å². The Balaban J connectivity index is 2.14. The van der Waals surface area contributed by atoms with E-state index in [1.165, 1.54) is 4.88 Å². The lowest BCUT2D eigenvalue weighted by Crippen LogP contribution is -2.39. The maximum atomic E-state index is 5.74. The van der Waals surface area contributed by atoms with Crippen LogP contribution in [0.25, 0.3) is 0 Å². The molecule has 2 heterocycles. The van der Waals surface area contributed by atoms with E-state index >= 15 is 0 Å². The Kier molecular flexibility index (Phi) is 3.62. The number of aryl methyl sites for hydroxylation is 1. The summed E-state index contributed by atoms with van der Waals surface area (Å²) in [5.74, 6) is 0. The number of nitrogens with one attached hydrogen (secondary N) is 1. The maximum absolute atomic E-state index is 5.74. The lowest BCUT2D eigenvalue weighted by Gasteiger charge is -2.31. The largest absolute Gasteiger partial charge is 0.378 e. The van der Waals surface area contributed by atoms with E-state index in [4.69, 9.17) is 4.74 Å². The fourth-order valence-electron chi connectivity index (χ4n) is 2.53. The summed E-state index contributed by atoms with van der Waals surface area (Å²) in [4.78, 5) is 5.71. The Hall–Kier alpha value is -0.450. The Labute approximate surface area is 101 Å². The van der Waals surface area contributed by atoms with E-state index in [0.29, 0.717) is 6.10 Å². The van der Waals surface area contributed by atoms with E-state index in [1.807, 2.05) is 13.2 Å². The zero-order valence-electron chi connectivity index (χ0n) is 10.2. The topological polar surface area (TPSA) is 34.2 Å². The molecule has 1 aromatic heterocycles. The number of ether oxygens (including phenoxy) is 1. The van der Waals surface area contributed by atoms with Crippen molar-refractivity contribution in [1.29, 1.82) is 0 Å². The van der Waals surface area contributed by atoms with E-state index in [0.717, 1.165) is 31.0 Å². The van der Waals surface area contributed by atoms with Crippen LogP contribution in [0.2, 0.25) is 0 Å². The van der Waals surface area contributed by atoms with Crippen molar-refractivity contribution in [2.45, 2.75) is 32.8 Å². The van der Waals surface area contributed by atoms with Crippen molar-refractivity contribution >= 4 is 11.3 Å². The van der Waals surface area contributed by atoms with Crippen LogP contribution in [0.4, 0.5) is 0 Å². The van der Waals surface area contributed by atoms with Crippen molar-refractivity contribution in [2.75, 3.05) is 20.2 Å². The number of hydrogen-bond acceptors (Lipinski definition) is 4. The van der Waals surface area contributed by atoms with Gasteiger partial charge in [-0.05, 0) is 33.7 Å². The summed E-state index contributed by atoms with van der Waals surface area (Å²) in [6.07, 6.45) is 4.58. The summed E-state index contributed by atoms with van der Waals surface area (Å²) < 4.78 is 5.74. The molecule has 2 rings (SSSR count). The highest BCUT2D eigenvalue weighted by atomic mass is 32.1. The van der Waals surface area contributed by atoms with Gasteiger partial charge in [-0.15, -0.1) is 11.3 Å². The molecule has 0 aromatic carbocycles. The average Bonchev–Trinajstić information content (AvgIpc) is 2.77. The Bertz CT molecular complexity index is 353. The van der Waals surface area contributed by atoms with Crippen molar-refractivity contribution in [1.82, 2.24) is 10.3 Å². The van der Waals surface area contributed by atoms with Crippen molar-refractivity contribution in [3.8, 4) is 0 Å². The van der Waals surface area contributed by atoms with Crippen LogP contribution in [0.3, 0.4) is 0 Å². The van der Waals surface area contributed by atoms with Gasteiger partial charge in [-0.2, -0.15) is 0 Å². The first kappa shape index (κ1) is 12.0. The van der Waals surface area contributed by atoms with E-state index in [9.17, 15) is 0 Å². The number of aromatic nitrogens is 1. The van der Waals surface area contributed by atoms with E-state index < -0.39 is 0 Å². The van der Waals surface area contributed by atoms with Crippen molar-refractivity contribution in [3.63, 3.8) is 0 Å². The molecule has 2 atom stereocenters. The predicted octanol–water partition coefficient (Wildman–Crippen LogP) is 2.01. The van der Waals surface area contributed by atoms with Crippen molar-refractivity contribution < 1.29 is 4.74 Å². The van der Waals surface area contributed by atoms with Gasteiger partial charge in [-0.25, -0.2) is 4.98 Å². The molecule has 3 nitrogen and oxygen atoms in total. The zero-order valence-corrected chi connectivity index (χ0v) is 11.1. The Morgan fingerprint density at radius 3 is 3.00 bits per heavy atom. The minimum atomic E-state index is 0.258. The smallest absolute Gasteiger partial charge is 0.0896 e. The number of nitrogens with zero attached hydrogens (tertiary/aromatic N) is 1. The summed E-state index contributed by atoms with van der Waals surface area (Å²) in [6, 6.07) is 0. The third kappa shape index (κ3) is 2.29. The fourth-order valence-corrected chi connectivity index (χ4v) is 3.48. The van der Waals surface area contributed by atoms with Gasteiger partial charge in [0.2, 0.25) is 0 Å². The minimum absolute atomic E-state index is 0.258. The molecule has 0 amide bonds. The highest BCUT2D eigenvalue weighted by Crippen LogP contribution is 2.38. The van der Waals surface area contributed by atoms with Gasteiger partial charge < -0.3 is 10.1 Å². The molecule has 1 aliphatic heterocycles. The molecule has 1 aliphatic rings. The monoisotopic (exact) mass is 240 g/mol. The quantitative estimate of drug-likeness (QED) is 0.874. The van der Waals surface area contributed by atoms with Crippen LogP contribution in [-0.4, -0.2) is 31.3 Å². The second-order valence-corrected chi connectivity index (χ2v) is 6.00. The van der Waals surface area contributed by atoms with Gasteiger partial charge in [0.15, 0.2) is 0 Å². The molecule has 0 aliphatic carbocycles. The predicted molar refractivity (Wildman–Crippen MR) is 66.9 cm³/mol. The molecule has 1 aromatic rings. The third-order valence-corrected chi connectivity index (χ3v) is 4.47. The van der Waals surface area contributed by atoms with Crippen LogP contribution in [-0.2, 0) is 11.2 Å². The molecular formula is C12H20N2OS. The van der Waals surface area contributed by atoms with E-state index in [-0.39, 0.29) is 5.41 Å². The van der Waals surface area contributed by atoms with Gasteiger partial charge >= 0.3 is 0 Å². The molecule has 1 fully saturated rings. The van der Waals surface area contributed by atoms with Gasteiger partial charge in [-0.3, -0.25) is 0 Å². The zero-order chi connectivity index (χ0) is 11.6. The molecular weight excluding hydrogens is 220 g/mol. The second-order valence-electron chi connectivity index (χ2n) is 4.68. The van der Waals surface area contributed by atoms with Gasteiger partial charge in [0.05, 0.1) is 11.1 Å². The molecule has 0 radical (unpaired) electrons. The lowest BCUT2D eigenvalue weighted by atomic mass is 9.78. The molecule has 1 N–H and O–H groups in total. The van der Waals surface area contributed by atoms with Gasteiger partial charge in [0, 0.05) is 29.6 Å². The van der Waals surface area contributed by atoms with Crippen LogP contribution >= 0.6 is 11.3 Å². The van der Waals surface area contributed by atoms with Crippen LogP contribution in [0, 0.1) is 12.3 Å². The molecule has 0 spiro atoms. The van der Waals surface area contributed by atoms with Gasteiger partial charge in [0.25, 0.3) is 0 Å². The summed E-state index contributed by atoms with van der Waals surface area (Å²) >= 11 is 1.81. The number of rotatable bonds is 4. The van der Waals surface area contributed by atoms with Crippen molar-refractivity contribution in [2.24, 2.45) is 5.41 Å². The first-order chi connectivity index (χ1) is 7.66. The molecule has 0 bridgehead atoms. The average molecular weight is 240 g/mol. The molecule has 0 saturated carbocycles. The highest BCUT2D eigenvalue weighted by Gasteiger charge is 2.41. The summed E-state index contributed by atoms with van der Waals surface area (Å²) in [5.41, 5.74) is 0.258. The minimum Gasteiger partial charge on any atom is -0.378 e. The normalized spacial score (nSPS) is 29.8. The van der Waals surface area contributed by atoms with Gasteiger partial charge in [-0.1, -0.05) is 0 Å². The van der Waals surface area contributed by atoms with Gasteiger partial charge in [0.1, 0.15) is 0 Å². The van der Waals surface area contributed by atoms with Crippen LogP contribution < -0.4 is 5.32 Å². The standard InChI is InChI=1S/C12H20N2OS/c1-9-12(8-13-3,4-5-15-9)6-11-7-14-10(2)16-11/h7,9,13H,4-6,8H2,1-3H3. The molecule has 1 saturated heterocycles. The molecule has 2 unspecified atom stereocenters. The number of hydrogen-bond donors (Lipinski definition) is 1. The first-order valence-electron chi connectivity index (χ1n) is 5.84. The van der Waals surface area contributed by atoms with Crippen LogP contribution in [0.1, 0.15) is 23.2 Å². The number of thiazole rings is 1. The second kappa shape index (κ2) is 4.82. The SMILES string of the molecule is CNCC1(Cc2cnc(C)s2)CCOC1C. The third-order valence-electron chi connectivity index (χ3n) is 3.55. The molecule has 16 heavy (non-hydrogen) atoms. The highest BCUT2D eigenvalue weighted by molar-refractivity contribution is 7.11. The summed E-state index contributed by atoms with van der Waals surface area (Å²) in [7, 11) is 2.02. The van der Waals surface area contributed by atoms with Crippen molar-refractivity contribution in [3.05, 3.63) is 16.1 Å². The lowest BCUT2D eigenvalue weighted by molar-refractivity contribution is 0.0643. The fraction of sp³-hybridized carbons (Fsp3) is 0.750. The van der Waals surface area contributed by atoms with Crippen LogP contribution in [0.15, 0.2) is 6.20 Å². The first-order valence-corrected chi connectivity index (χ1v) is 6.65. The Morgan fingerprint density at radius 2 is 2.50 bits per heavy atom. The molecule has 90 valence electrons.